The molecule has 0 aliphatic heterocycles. The number of carbonyl (C=O) groups excluding carboxylic acids is 2. The summed E-state index contributed by atoms with van der Waals surface area (Å²) >= 11 is 9.54. The lowest BCUT2D eigenvalue weighted by Gasteiger charge is -2.34. The van der Waals surface area contributed by atoms with Gasteiger partial charge in [0.05, 0.1) is 10.6 Å². The molecular formula is C34H35BrClN3O4S. The van der Waals surface area contributed by atoms with Gasteiger partial charge in [0.15, 0.2) is 0 Å². The molecule has 0 heterocycles. The van der Waals surface area contributed by atoms with Gasteiger partial charge in [0.1, 0.15) is 12.6 Å². The summed E-state index contributed by atoms with van der Waals surface area (Å²) in [7, 11) is -4.14. The molecule has 0 fully saturated rings. The van der Waals surface area contributed by atoms with Crippen LogP contribution in [0.1, 0.15) is 30.9 Å². The normalized spacial score (nSPS) is 11.9. The van der Waals surface area contributed by atoms with Gasteiger partial charge >= 0.3 is 0 Å². The largest absolute Gasteiger partial charge is 0.354 e. The smallest absolute Gasteiger partial charge is 0.264 e. The van der Waals surface area contributed by atoms with E-state index in [1.54, 1.807) is 66.7 Å². The minimum Gasteiger partial charge on any atom is -0.354 e. The highest BCUT2D eigenvalue weighted by Gasteiger charge is 2.34. The number of carbonyl (C=O) groups is 2. The summed E-state index contributed by atoms with van der Waals surface area (Å²) in [6.45, 7) is 2.07. The zero-order valence-corrected chi connectivity index (χ0v) is 27.6. The van der Waals surface area contributed by atoms with Crippen LogP contribution in [0.4, 0.5) is 5.69 Å². The summed E-state index contributed by atoms with van der Waals surface area (Å²) in [6, 6.07) is 30.3. The van der Waals surface area contributed by atoms with E-state index in [0.717, 1.165) is 32.7 Å². The fourth-order valence-corrected chi connectivity index (χ4v) is 6.53. The number of anilines is 1. The van der Waals surface area contributed by atoms with Gasteiger partial charge in [-0.2, -0.15) is 0 Å². The van der Waals surface area contributed by atoms with Gasteiger partial charge in [0.2, 0.25) is 11.8 Å². The predicted octanol–water partition coefficient (Wildman–Crippen LogP) is 6.85. The Bertz CT molecular complexity index is 1620. The fourth-order valence-electron chi connectivity index (χ4n) is 4.70. The molecular weight excluding hydrogens is 662 g/mol. The lowest BCUT2D eigenvalue weighted by Crippen LogP contribution is -2.53. The van der Waals surface area contributed by atoms with Crippen molar-refractivity contribution in [2.45, 2.75) is 43.7 Å². The van der Waals surface area contributed by atoms with Gasteiger partial charge in [0.25, 0.3) is 10.0 Å². The highest BCUT2D eigenvalue weighted by molar-refractivity contribution is 9.10. The highest BCUT2D eigenvalue weighted by Crippen LogP contribution is 2.26. The highest BCUT2D eigenvalue weighted by atomic mass is 79.9. The van der Waals surface area contributed by atoms with Gasteiger partial charge in [-0.25, -0.2) is 8.42 Å². The topological polar surface area (TPSA) is 86.8 Å². The zero-order valence-electron chi connectivity index (χ0n) is 24.4. The van der Waals surface area contributed by atoms with E-state index in [1.165, 1.54) is 17.0 Å². The number of nitrogens with zero attached hydrogens (tertiary/aromatic N) is 2. The second kappa shape index (κ2) is 15.9. The summed E-state index contributed by atoms with van der Waals surface area (Å²) in [5, 5.41) is 3.53. The number of benzene rings is 4. The number of rotatable bonds is 14. The first-order chi connectivity index (χ1) is 21.2. The zero-order chi connectivity index (χ0) is 31.5. The molecule has 0 unspecified atom stereocenters. The minimum atomic E-state index is -4.14. The molecule has 1 atom stereocenters. The van der Waals surface area contributed by atoms with Gasteiger partial charge in [-0.3, -0.25) is 13.9 Å². The molecule has 0 saturated carbocycles. The monoisotopic (exact) mass is 695 g/mol. The van der Waals surface area contributed by atoms with E-state index >= 15 is 0 Å². The van der Waals surface area contributed by atoms with E-state index < -0.39 is 28.5 Å². The molecule has 0 saturated heterocycles. The van der Waals surface area contributed by atoms with Gasteiger partial charge in [-0.15, -0.1) is 0 Å². The van der Waals surface area contributed by atoms with Crippen LogP contribution in [0.15, 0.2) is 119 Å². The van der Waals surface area contributed by atoms with Crippen LogP contribution in [-0.2, 0) is 32.6 Å². The Hall–Kier alpha value is -3.66. The summed E-state index contributed by atoms with van der Waals surface area (Å²) in [5.41, 5.74) is 1.95. The Morgan fingerprint density at radius 1 is 0.841 bits per heavy atom. The van der Waals surface area contributed by atoms with Gasteiger partial charge < -0.3 is 10.2 Å². The van der Waals surface area contributed by atoms with E-state index in [2.05, 4.69) is 21.2 Å². The van der Waals surface area contributed by atoms with Crippen molar-refractivity contribution >= 4 is 55.1 Å². The van der Waals surface area contributed by atoms with E-state index in [9.17, 15) is 18.0 Å². The molecule has 4 rings (SSSR count). The van der Waals surface area contributed by atoms with Crippen molar-refractivity contribution in [2.24, 2.45) is 0 Å². The van der Waals surface area contributed by atoms with Crippen molar-refractivity contribution in [1.29, 1.82) is 0 Å². The number of hydrogen-bond donors (Lipinski definition) is 1. The third-order valence-corrected chi connectivity index (χ3v) is 9.66. The molecule has 0 spiro atoms. The van der Waals surface area contributed by atoms with Crippen LogP contribution < -0.4 is 9.62 Å². The third kappa shape index (κ3) is 8.94. The van der Waals surface area contributed by atoms with Crippen LogP contribution in [-0.4, -0.2) is 44.3 Å². The summed E-state index contributed by atoms with van der Waals surface area (Å²) in [5.74, 6) is -0.820. The van der Waals surface area contributed by atoms with Crippen molar-refractivity contribution in [3.63, 3.8) is 0 Å². The van der Waals surface area contributed by atoms with Crippen molar-refractivity contribution in [3.8, 4) is 0 Å². The van der Waals surface area contributed by atoms with Gasteiger partial charge in [-0.05, 0) is 66.1 Å². The SMILES string of the molecule is CCCCNC(=O)[C@H](Cc1ccccc1)N(Cc1ccc(Cl)cc1)C(=O)CN(c1ccc(Br)cc1)S(=O)(=O)c1ccccc1. The molecule has 0 aliphatic rings. The quantitative estimate of drug-likeness (QED) is 0.146. The van der Waals surface area contributed by atoms with Gasteiger partial charge in [0, 0.05) is 29.0 Å². The van der Waals surface area contributed by atoms with Crippen LogP contribution in [0.25, 0.3) is 0 Å². The van der Waals surface area contributed by atoms with Crippen LogP contribution in [0.3, 0.4) is 0 Å². The standard InChI is InChI=1S/C34H35BrClN3O4S/c1-2-3-22-37-34(41)32(23-26-10-6-4-7-11-26)38(24-27-14-18-29(36)19-15-27)33(40)25-39(30-20-16-28(35)17-21-30)44(42,43)31-12-8-5-9-13-31/h4-21,32H,2-3,22-25H2,1H3,(H,37,41)/t32-/m0/s1. The third-order valence-electron chi connectivity index (χ3n) is 7.09. The predicted molar refractivity (Wildman–Crippen MR) is 179 cm³/mol. The molecule has 0 aliphatic carbocycles. The van der Waals surface area contributed by atoms with E-state index in [1.807, 2.05) is 37.3 Å². The van der Waals surface area contributed by atoms with E-state index in [4.69, 9.17) is 11.6 Å². The summed E-state index contributed by atoms with van der Waals surface area (Å²) in [6.07, 6.45) is 1.94. The number of halogens is 2. The number of nitrogens with one attached hydrogen (secondary N) is 1. The molecule has 230 valence electrons. The molecule has 1 N–H and O–H groups in total. The number of hydrogen-bond acceptors (Lipinski definition) is 4. The Morgan fingerprint density at radius 3 is 2.07 bits per heavy atom. The Balaban J connectivity index is 1.77. The average molecular weight is 697 g/mol. The van der Waals surface area contributed by atoms with Crippen LogP contribution in [0.5, 0.6) is 0 Å². The lowest BCUT2D eigenvalue weighted by molar-refractivity contribution is -0.140. The Kier molecular flexibility index (Phi) is 12.0. The van der Waals surface area contributed by atoms with Crippen molar-refractivity contribution in [1.82, 2.24) is 10.2 Å². The lowest BCUT2D eigenvalue weighted by atomic mass is 10.0. The summed E-state index contributed by atoms with van der Waals surface area (Å²) < 4.78 is 29.8. The molecule has 44 heavy (non-hydrogen) atoms. The first-order valence-corrected chi connectivity index (χ1v) is 17.0. The van der Waals surface area contributed by atoms with Crippen molar-refractivity contribution < 1.29 is 18.0 Å². The first kappa shape index (κ1) is 33.2. The molecule has 10 heteroatoms. The molecule has 2 amide bonds. The van der Waals surface area contributed by atoms with Crippen LogP contribution in [0, 0.1) is 0 Å². The molecule has 4 aromatic rings. The number of amides is 2. The van der Waals surface area contributed by atoms with Crippen molar-refractivity contribution in [3.05, 3.63) is 130 Å². The molecule has 0 bridgehead atoms. The molecule has 0 radical (unpaired) electrons. The molecule has 7 nitrogen and oxygen atoms in total. The van der Waals surface area contributed by atoms with Crippen molar-refractivity contribution in [2.75, 3.05) is 17.4 Å². The molecule has 4 aromatic carbocycles. The Morgan fingerprint density at radius 2 is 1.45 bits per heavy atom. The van der Waals surface area contributed by atoms with Gasteiger partial charge in [-0.1, -0.05) is 102 Å². The Labute approximate surface area is 273 Å². The minimum absolute atomic E-state index is 0.0538. The van der Waals surface area contributed by atoms with E-state index in [-0.39, 0.29) is 23.8 Å². The maximum Gasteiger partial charge on any atom is 0.264 e. The maximum absolute atomic E-state index is 14.4. The van der Waals surface area contributed by atoms with E-state index in [0.29, 0.717) is 17.3 Å². The average Bonchev–Trinajstić information content (AvgIpc) is 3.03. The fraction of sp³-hybridized carbons (Fsp3) is 0.235. The molecule has 0 aromatic heterocycles. The van der Waals surface area contributed by atoms with Crippen LogP contribution >= 0.6 is 27.5 Å². The second-order valence-corrected chi connectivity index (χ2v) is 13.5. The van der Waals surface area contributed by atoms with Crippen LogP contribution in [0.2, 0.25) is 5.02 Å². The first-order valence-electron chi connectivity index (χ1n) is 14.4. The maximum atomic E-state index is 14.4. The number of unbranched alkanes of at least 4 members (excludes halogenated alkanes) is 1. The number of sulfonamides is 1. The summed E-state index contributed by atoms with van der Waals surface area (Å²) in [4.78, 5) is 29.7. The second-order valence-electron chi connectivity index (χ2n) is 10.3.